The zero-order chi connectivity index (χ0) is 13.3. The molecule has 0 aliphatic carbocycles. The number of halogens is 1. The van der Waals surface area contributed by atoms with Crippen LogP contribution in [-0.2, 0) is 4.79 Å². The Balaban J connectivity index is 2.36. The summed E-state index contributed by atoms with van der Waals surface area (Å²) in [6.07, 6.45) is 1.93. The third-order valence-corrected chi connectivity index (χ3v) is 4.08. The highest BCUT2D eigenvalue weighted by molar-refractivity contribution is 9.10. The first-order valence-electron chi connectivity index (χ1n) is 6.08. The molecule has 1 heterocycles. The van der Waals surface area contributed by atoms with Gasteiger partial charge in [0.25, 0.3) is 0 Å². The van der Waals surface area contributed by atoms with E-state index in [1.54, 1.807) is 7.05 Å². The van der Waals surface area contributed by atoms with Gasteiger partial charge >= 0.3 is 0 Å². The second-order valence-electron chi connectivity index (χ2n) is 4.63. The van der Waals surface area contributed by atoms with Gasteiger partial charge < -0.3 is 16.0 Å². The van der Waals surface area contributed by atoms with Crippen LogP contribution in [0.2, 0.25) is 0 Å². The van der Waals surface area contributed by atoms with Crippen LogP contribution in [0.25, 0.3) is 0 Å². The topological polar surface area (TPSA) is 58.4 Å². The molecule has 18 heavy (non-hydrogen) atoms. The molecule has 1 unspecified atom stereocenters. The van der Waals surface area contributed by atoms with Crippen molar-refractivity contribution < 1.29 is 4.79 Å². The lowest BCUT2D eigenvalue weighted by Gasteiger charge is -2.27. The molecule has 1 saturated heterocycles. The largest absolute Gasteiger partial charge is 0.398 e. The summed E-state index contributed by atoms with van der Waals surface area (Å²) in [5, 5.41) is 2.73. The fourth-order valence-electron chi connectivity index (χ4n) is 2.40. The van der Waals surface area contributed by atoms with Crippen LogP contribution in [0.4, 0.5) is 11.4 Å². The Kier molecular flexibility index (Phi) is 3.80. The van der Waals surface area contributed by atoms with Crippen LogP contribution < -0.4 is 16.0 Å². The number of aryl methyl sites for hydroxylation is 1. The normalized spacial score (nSPS) is 19.1. The molecular weight excluding hydrogens is 294 g/mol. The number of nitrogen functional groups attached to an aromatic ring is 1. The fraction of sp³-hybridized carbons (Fsp3) is 0.462. The Labute approximate surface area is 116 Å². The lowest BCUT2D eigenvalue weighted by molar-refractivity contribution is -0.121. The summed E-state index contributed by atoms with van der Waals surface area (Å²) in [5.41, 5.74) is 8.73. The van der Waals surface area contributed by atoms with Crippen LogP contribution in [-0.4, -0.2) is 25.5 Å². The number of likely N-dealkylation sites (N-methyl/N-ethyl adjacent to an activating group) is 1. The fourth-order valence-corrected chi connectivity index (χ4v) is 2.98. The molecule has 0 bridgehead atoms. The summed E-state index contributed by atoms with van der Waals surface area (Å²) in [7, 11) is 1.68. The number of nitrogens with zero attached hydrogens (tertiary/aromatic N) is 1. The van der Waals surface area contributed by atoms with E-state index >= 15 is 0 Å². The van der Waals surface area contributed by atoms with Crippen LogP contribution in [0.15, 0.2) is 16.6 Å². The average molecular weight is 312 g/mol. The van der Waals surface area contributed by atoms with Crippen LogP contribution in [0, 0.1) is 6.92 Å². The van der Waals surface area contributed by atoms with E-state index in [2.05, 4.69) is 26.1 Å². The van der Waals surface area contributed by atoms with Gasteiger partial charge in [0.2, 0.25) is 5.91 Å². The predicted octanol–water partition coefficient (Wildman–Crippen LogP) is 2.05. The van der Waals surface area contributed by atoms with E-state index in [9.17, 15) is 4.79 Å². The molecule has 1 aliphatic heterocycles. The van der Waals surface area contributed by atoms with Gasteiger partial charge in [0.15, 0.2) is 0 Å². The zero-order valence-electron chi connectivity index (χ0n) is 10.7. The third-order valence-electron chi connectivity index (χ3n) is 3.45. The van der Waals surface area contributed by atoms with E-state index < -0.39 is 0 Å². The summed E-state index contributed by atoms with van der Waals surface area (Å²) < 4.78 is 0.946. The van der Waals surface area contributed by atoms with Crippen molar-refractivity contribution in [3.05, 3.63) is 22.2 Å². The van der Waals surface area contributed by atoms with Crippen molar-refractivity contribution >= 4 is 33.2 Å². The number of anilines is 2. The average Bonchev–Trinajstić information content (AvgIpc) is 2.81. The van der Waals surface area contributed by atoms with Crippen molar-refractivity contribution in [1.82, 2.24) is 5.32 Å². The molecule has 0 radical (unpaired) electrons. The summed E-state index contributed by atoms with van der Waals surface area (Å²) in [4.78, 5) is 14.0. The number of carbonyl (C=O) groups excluding carboxylic acids is 1. The molecule has 2 rings (SSSR count). The minimum Gasteiger partial charge on any atom is -0.398 e. The maximum absolute atomic E-state index is 11.9. The number of nitrogens with two attached hydrogens (primary N) is 1. The zero-order valence-corrected chi connectivity index (χ0v) is 12.3. The molecule has 0 spiro atoms. The Morgan fingerprint density at radius 2 is 2.28 bits per heavy atom. The first-order chi connectivity index (χ1) is 8.54. The maximum atomic E-state index is 11.9. The predicted molar refractivity (Wildman–Crippen MR) is 77.7 cm³/mol. The Bertz CT molecular complexity index is 476. The second kappa shape index (κ2) is 5.18. The molecule has 0 saturated carbocycles. The van der Waals surface area contributed by atoms with E-state index in [0.717, 1.165) is 40.8 Å². The number of carbonyl (C=O) groups is 1. The van der Waals surface area contributed by atoms with Crippen LogP contribution in [0.5, 0.6) is 0 Å². The standard InChI is InChI=1S/C13H18BrN3O/c1-8-6-12(9(14)7-10(8)15)17-5-3-4-11(17)13(18)16-2/h6-7,11H,3-5,15H2,1-2H3,(H,16,18). The Morgan fingerprint density at radius 3 is 2.94 bits per heavy atom. The number of hydrogen-bond acceptors (Lipinski definition) is 3. The third kappa shape index (κ3) is 2.32. The minimum atomic E-state index is -0.0747. The van der Waals surface area contributed by atoms with E-state index in [1.165, 1.54) is 0 Å². The Hall–Kier alpha value is -1.23. The van der Waals surface area contributed by atoms with Gasteiger partial charge in [-0.05, 0) is 53.4 Å². The Morgan fingerprint density at radius 1 is 1.56 bits per heavy atom. The highest BCUT2D eigenvalue weighted by Gasteiger charge is 2.31. The summed E-state index contributed by atoms with van der Waals surface area (Å²) in [5.74, 6) is 0.0777. The maximum Gasteiger partial charge on any atom is 0.242 e. The SMILES string of the molecule is CNC(=O)C1CCCN1c1cc(C)c(N)cc1Br. The van der Waals surface area contributed by atoms with Crippen LogP contribution in [0.3, 0.4) is 0 Å². The number of amides is 1. The van der Waals surface area contributed by atoms with Gasteiger partial charge in [0.05, 0.1) is 5.69 Å². The summed E-state index contributed by atoms with van der Waals surface area (Å²) in [6.45, 7) is 2.89. The number of rotatable bonds is 2. The first kappa shape index (κ1) is 13.2. The molecule has 0 aromatic heterocycles. The second-order valence-corrected chi connectivity index (χ2v) is 5.48. The van der Waals surface area contributed by atoms with Gasteiger partial charge in [-0.3, -0.25) is 4.79 Å². The van der Waals surface area contributed by atoms with Gasteiger partial charge in [0, 0.05) is 23.8 Å². The summed E-state index contributed by atoms with van der Waals surface area (Å²) >= 11 is 3.54. The van der Waals surface area contributed by atoms with Crippen molar-refractivity contribution in [3.8, 4) is 0 Å². The summed E-state index contributed by atoms with van der Waals surface area (Å²) in [6, 6.07) is 3.87. The molecule has 1 aliphatic rings. The minimum absolute atomic E-state index is 0.0747. The number of hydrogen-bond donors (Lipinski definition) is 2. The molecule has 3 N–H and O–H groups in total. The molecule has 1 atom stereocenters. The smallest absolute Gasteiger partial charge is 0.242 e. The van der Waals surface area contributed by atoms with Crippen LogP contribution >= 0.6 is 15.9 Å². The first-order valence-corrected chi connectivity index (χ1v) is 6.87. The van der Waals surface area contributed by atoms with Crippen molar-refractivity contribution in [1.29, 1.82) is 0 Å². The molecule has 4 nitrogen and oxygen atoms in total. The molecule has 1 amide bonds. The lowest BCUT2D eigenvalue weighted by Crippen LogP contribution is -2.42. The molecular formula is C13H18BrN3O. The van der Waals surface area contributed by atoms with Crippen LogP contribution in [0.1, 0.15) is 18.4 Å². The van der Waals surface area contributed by atoms with Crippen molar-refractivity contribution in [2.24, 2.45) is 0 Å². The van der Waals surface area contributed by atoms with Crippen molar-refractivity contribution in [2.75, 3.05) is 24.2 Å². The highest BCUT2D eigenvalue weighted by atomic mass is 79.9. The highest BCUT2D eigenvalue weighted by Crippen LogP contribution is 2.35. The molecule has 1 aromatic rings. The van der Waals surface area contributed by atoms with E-state index in [-0.39, 0.29) is 11.9 Å². The van der Waals surface area contributed by atoms with Gasteiger partial charge in [-0.15, -0.1) is 0 Å². The van der Waals surface area contributed by atoms with E-state index in [4.69, 9.17) is 5.73 Å². The van der Waals surface area contributed by atoms with Gasteiger partial charge in [-0.25, -0.2) is 0 Å². The van der Waals surface area contributed by atoms with Gasteiger partial charge in [0.1, 0.15) is 6.04 Å². The lowest BCUT2D eigenvalue weighted by atomic mass is 10.1. The van der Waals surface area contributed by atoms with Gasteiger partial charge in [-0.1, -0.05) is 0 Å². The number of nitrogens with one attached hydrogen (secondary N) is 1. The quantitative estimate of drug-likeness (QED) is 0.822. The van der Waals surface area contributed by atoms with E-state index in [0.29, 0.717) is 0 Å². The molecule has 5 heteroatoms. The van der Waals surface area contributed by atoms with E-state index in [1.807, 2.05) is 19.1 Å². The van der Waals surface area contributed by atoms with Gasteiger partial charge in [-0.2, -0.15) is 0 Å². The van der Waals surface area contributed by atoms with Crippen molar-refractivity contribution in [2.45, 2.75) is 25.8 Å². The molecule has 1 aromatic carbocycles. The molecule has 1 fully saturated rings. The van der Waals surface area contributed by atoms with Crippen molar-refractivity contribution in [3.63, 3.8) is 0 Å². The number of benzene rings is 1. The molecule has 98 valence electrons. The monoisotopic (exact) mass is 311 g/mol.